The molecule has 102 valence electrons. The average molecular weight is 247 g/mol. The van der Waals surface area contributed by atoms with Crippen molar-refractivity contribution in [3.63, 3.8) is 0 Å². The summed E-state index contributed by atoms with van der Waals surface area (Å²) >= 11 is 0. The Morgan fingerprint density at radius 2 is 2.00 bits per heavy atom. The van der Waals surface area contributed by atoms with Gasteiger partial charge in [0.25, 0.3) is 0 Å². The molecule has 0 aromatic rings. The van der Waals surface area contributed by atoms with Gasteiger partial charge < -0.3 is 19.9 Å². The van der Waals surface area contributed by atoms with Crippen LogP contribution in [0.5, 0.6) is 0 Å². The lowest BCUT2D eigenvalue weighted by Crippen LogP contribution is -2.30. The Bertz CT molecular complexity index is 207. The molecular weight excluding hydrogens is 222 g/mol. The van der Waals surface area contributed by atoms with E-state index in [2.05, 4.69) is 5.32 Å². The summed E-state index contributed by atoms with van der Waals surface area (Å²) in [6.45, 7) is 8.03. The number of aliphatic hydroxyl groups is 1. The van der Waals surface area contributed by atoms with Crippen molar-refractivity contribution in [1.82, 2.24) is 5.32 Å². The van der Waals surface area contributed by atoms with Crippen LogP contribution in [-0.2, 0) is 9.47 Å². The fourth-order valence-corrected chi connectivity index (χ4v) is 1.20. The van der Waals surface area contributed by atoms with Crippen molar-refractivity contribution in [2.24, 2.45) is 0 Å². The van der Waals surface area contributed by atoms with Crippen molar-refractivity contribution in [3.8, 4) is 0 Å². The summed E-state index contributed by atoms with van der Waals surface area (Å²) in [5.41, 5.74) is -0.389. The molecule has 0 bridgehead atoms. The van der Waals surface area contributed by atoms with Gasteiger partial charge in [-0.3, -0.25) is 0 Å². The molecule has 0 aromatic heterocycles. The molecule has 0 spiro atoms. The number of nitrogens with one attached hydrogen (secondary N) is 1. The average Bonchev–Trinajstić information content (AvgIpc) is 2.21. The van der Waals surface area contributed by atoms with E-state index in [-0.39, 0.29) is 17.8 Å². The van der Waals surface area contributed by atoms with Crippen LogP contribution in [0.2, 0.25) is 0 Å². The Labute approximate surface area is 103 Å². The van der Waals surface area contributed by atoms with E-state index < -0.39 is 0 Å². The van der Waals surface area contributed by atoms with Gasteiger partial charge in [0.1, 0.15) is 5.60 Å². The van der Waals surface area contributed by atoms with Gasteiger partial charge in [-0.2, -0.15) is 0 Å². The number of carbonyl (C=O) groups excluding carboxylic acids is 1. The molecule has 1 heterocycles. The quantitative estimate of drug-likeness (QED) is 0.683. The second-order valence-corrected chi connectivity index (χ2v) is 5.13. The summed E-state index contributed by atoms with van der Waals surface area (Å²) in [6, 6.07) is 0. The number of carbonyl (C=O) groups is 1. The molecule has 2 atom stereocenters. The van der Waals surface area contributed by atoms with Gasteiger partial charge in [0, 0.05) is 7.05 Å². The largest absolute Gasteiger partial charge is 0.444 e. The van der Waals surface area contributed by atoms with Gasteiger partial charge in [-0.1, -0.05) is 0 Å². The van der Waals surface area contributed by atoms with Gasteiger partial charge >= 0.3 is 6.09 Å². The summed E-state index contributed by atoms with van der Waals surface area (Å²) in [4.78, 5) is 10.5. The summed E-state index contributed by atoms with van der Waals surface area (Å²) in [5.74, 6) is 0. The molecular formula is C12H25NO4. The first-order valence-electron chi connectivity index (χ1n) is 5.95. The fraction of sp³-hybridized carbons (Fsp3) is 0.917. The zero-order valence-corrected chi connectivity index (χ0v) is 11.4. The molecule has 2 unspecified atom stereocenters. The highest BCUT2D eigenvalue weighted by molar-refractivity contribution is 5.67. The van der Waals surface area contributed by atoms with Gasteiger partial charge in [0.2, 0.25) is 0 Å². The van der Waals surface area contributed by atoms with Crippen LogP contribution in [0, 0.1) is 0 Å². The Hall–Kier alpha value is -0.810. The number of alkyl carbamates (subject to hydrolysis) is 1. The maximum absolute atomic E-state index is 10.5. The van der Waals surface area contributed by atoms with Gasteiger partial charge in [-0.05, 0) is 40.5 Å². The predicted octanol–water partition coefficient (Wildman–Crippen LogP) is 1.69. The lowest BCUT2D eigenvalue weighted by molar-refractivity contribution is -0.0472. The second-order valence-electron chi connectivity index (χ2n) is 5.13. The van der Waals surface area contributed by atoms with Crippen LogP contribution in [-0.4, -0.2) is 42.7 Å². The van der Waals surface area contributed by atoms with Crippen LogP contribution in [0.1, 0.15) is 40.5 Å². The number of hydrogen-bond donors (Lipinski definition) is 2. The molecule has 1 rings (SSSR count). The topological polar surface area (TPSA) is 67.8 Å². The van der Waals surface area contributed by atoms with E-state index in [1.807, 2.05) is 27.7 Å². The maximum Gasteiger partial charge on any atom is 0.407 e. The predicted molar refractivity (Wildman–Crippen MR) is 65.9 cm³/mol. The summed E-state index contributed by atoms with van der Waals surface area (Å²) in [7, 11) is 1.54. The van der Waals surface area contributed by atoms with E-state index in [4.69, 9.17) is 14.6 Å². The molecule has 0 saturated carbocycles. The highest BCUT2D eigenvalue weighted by Crippen LogP contribution is 2.11. The van der Waals surface area contributed by atoms with Crippen LogP contribution in [0.4, 0.5) is 4.79 Å². The molecule has 17 heavy (non-hydrogen) atoms. The summed E-state index contributed by atoms with van der Waals surface area (Å²) in [6.07, 6.45) is 1.68. The first kappa shape index (κ1) is 16.2. The smallest absolute Gasteiger partial charge is 0.407 e. The van der Waals surface area contributed by atoms with E-state index in [1.54, 1.807) is 0 Å². The van der Waals surface area contributed by atoms with Crippen molar-refractivity contribution >= 4 is 6.09 Å². The van der Waals surface area contributed by atoms with Crippen LogP contribution >= 0.6 is 0 Å². The Morgan fingerprint density at radius 1 is 1.41 bits per heavy atom. The van der Waals surface area contributed by atoms with E-state index in [0.717, 1.165) is 12.8 Å². The molecule has 1 fully saturated rings. The number of ether oxygens (including phenoxy) is 2. The summed E-state index contributed by atoms with van der Waals surface area (Å²) in [5, 5.41) is 11.3. The highest BCUT2D eigenvalue weighted by atomic mass is 16.6. The molecule has 1 aliphatic heterocycles. The molecule has 1 aliphatic rings. The lowest BCUT2D eigenvalue weighted by Gasteiger charge is -2.22. The molecule has 0 radical (unpaired) electrons. The normalized spacial score (nSPS) is 24.4. The minimum Gasteiger partial charge on any atom is -0.444 e. The standard InChI is InChI=1S/C6H13NO2.C6H12O2/c1-6(2,3)9-5(8)7-4;1-5-2-3-6(7)4-8-5/h1-4H3,(H,7,8);5-7H,2-4H2,1H3. The van der Waals surface area contributed by atoms with Gasteiger partial charge in [0.05, 0.1) is 18.8 Å². The van der Waals surface area contributed by atoms with Crippen molar-refractivity contribution in [3.05, 3.63) is 0 Å². The third-order valence-electron chi connectivity index (χ3n) is 2.08. The van der Waals surface area contributed by atoms with Gasteiger partial charge in [-0.25, -0.2) is 4.79 Å². The molecule has 1 amide bonds. The van der Waals surface area contributed by atoms with E-state index in [1.165, 1.54) is 7.05 Å². The van der Waals surface area contributed by atoms with Gasteiger partial charge in [-0.15, -0.1) is 0 Å². The van der Waals surface area contributed by atoms with Crippen LogP contribution in [0.3, 0.4) is 0 Å². The minimum absolute atomic E-state index is 0.203. The number of aliphatic hydroxyl groups excluding tert-OH is 1. The zero-order chi connectivity index (χ0) is 13.5. The van der Waals surface area contributed by atoms with Crippen LogP contribution in [0.15, 0.2) is 0 Å². The summed E-state index contributed by atoms with van der Waals surface area (Å²) < 4.78 is 9.98. The van der Waals surface area contributed by atoms with Crippen molar-refractivity contribution in [2.45, 2.75) is 58.3 Å². The van der Waals surface area contributed by atoms with E-state index >= 15 is 0 Å². The third kappa shape index (κ3) is 10.1. The molecule has 5 nitrogen and oxygen atoms in total. The van der Waals surface area contributed by atoms with Crippen molar-refractivity contribution in [1.29, 1.82) is 0 Å². The molecule has 0 aliphatic carbocycles. The van der Waals surface area contributed by atoms with Crippen LogP contribution < -0.4 is 5.32 Å². The van der Waals surface area contributed by atoms with Crippen molar-refractivity contribution in [2.75, 3.05) is 13.7 Å². The zero-order valence-electron chi connectivity index (χ0n) is 11.4. The highest BCUT2D eigenvalue weighted by Gasteiger charge is 2.15. The van der Waals surface area contributed by atoms with Crippen molar-refractivity contribution < 1.29 is 19.4 Å². The first-order valence-corrected chi connectivity index (χ1v) is 5.95. The SMILES string of the molecule is CC1CCC(O)CO1.CNC(=O)OC(C)(C)C. The monoisotopic (exact) mass is 247 g/mol. The lowest BCUT2D eigenvalue weighted by atomic mass is 10.1. The van der Waals surface area contributed by atoms with E-state index in [9.17, 15) is 4.79 Å². The fourth-order valence-electron chi connectivity index (χ4n) is 1.20. The molecule has 0 aromatic carbocycles. The Balaban J connectivity index is 0.000000302. The third-order valence-corrected chi connectivity index (χ3v) is 2.08. The minimum atomic E-state index is -0.389. The Kier molecular flexibility index (Phi) is 7.15. The maximum atomic E-state index is 10.5. The molecule has 2 N–H and O–H groups in total. The van der Waals surface area contributed by atoms with Gasteiger partial charge in [0.15, 0.2) is 0 Å². The first-order chi connectivity index (χ1) is 7.74. The Morgan fingerprint density at radius 3 is 2.24 bits per heavy atom. The number of amides is 1. The second kappa shape index (κ2) is 7.50. The van der Waals surface area contributed by atoms with E-state index in [0.29, 0.717) is 12.7 Å². The number of rotatable bonds is 0. The molecule has 5 heteroatoms. The van der Waals surface area contributed by atoms with Crippen LogP contribution in [0.25, 0.3) is 0 Å². The molecule has 1 saturated heterocycles. The number of hydrogen-bond acceptors (Lipinski definition) is 4.